The molecule has 16 heteroatoms. The second-order valence-corrected chi connectivity index (χ2v) is 16.8. The highest BCUT2D eigenvalue weighted by Gasteiger charge is 2.31. The molecule has 3 aliphatic heterocycles. The predicted octanol–water partition coefficient (Wildman–Crippen LogP) is 3.74. The number of aryl methyl sites for hydroxylation is 3. The Hall–Kier alpha value is -5.19. The number of hydrogen-bond acceptors (Lipinski definition) is 10. The molecular weight excluding hydrogens is 721 g/mol. The fourth-order valence-corrected chi connectivity index (χ4v) is 9.66. The van der Waals surface area contributed by atoms with Gasteiger partial charge in [-0.3, -0.25) is 29.1 Å². The van der Waals surface area contributed by atoms with Crippen molar-refractivity contribution in [1.82, 2.24) is 38.8 Å². The maximum absolute atomic E-state index is 13.7. The number of amides is 3. The van der Waals surface area contributed by atoms with E-state index < -0.39 is 16.1 Å². The number of nitrogens with one attached hydrogen (secondary N) is 2. The number of carbonyl (C=O) groups excluding carboxylic acids is 2. The van der Waals surface area contributed by atoms with Crippen LogP contribution in [0.2, 0.25) is 0 Å². The Kier molecular flexibility index (Phi) is 10.1. The smallest absolute Gasteiger partial charge is 0.329 e. The van der Waals surface area contributed by atoms with Crippen LogP contribution in [0.1, 0.15) is 55.6 Å². The topological polar surface area (TPSA) is 168 Å². The number of sulfonamides is 1. The van der Waals surface area contributed by atoms with E-state index in [4.69, 9.17) is 0 Å². The fraction of sp³-hybridized carbons (Fsp3) is 0.436. The van der Waals surface area contributed by atoms with E-state index in [0.29, 0.717) is 60.7 Å². The molecule has 0 spiro atoms. The number of rotatable bonds is 10. The summed E-state index contributed by atoms with van der Waals surface area (Å²) >= 11 is 0. The van der Waals surface area contributed by atoms with E-state index >= 15 is 0 Å². The number of benzene rings is 2. The van der Waals surface area contributed by atoms with Gasteiger partial charge in [-0.1, -0.05) is 18.2 Å². The van der Waals surface area contributed by atoms with E-state index in [1.807, 2.05) is 36.0 Å². The first-order valence-electron chi connectivity index (χ1n) is 19.0. The van der Waals surface area contributed by atoms with Gasteiger partial charge in [0.1, 0.15) is 5.65 Å². The zero-order chi connectivity index (χ0) is 38.3. The van der Waals surface area contributed by atoms with Crippen LogP contribution in [0.3, 0.4) is 0 Å². The van der Waals surface area contributed by atoms with Crippen molar-refractivity contribution in [2.45, 2.75) is 61.8 Å². The lowest BCUT2D eigenvalue weighted by Gasteiger charge is -2.32. The molecule has 0 saturated carbocycles. The van der Waals surface area contributed by atoms with Gasteiger partial charge in [-0.2, -0.15) is 14.4 Å². The lowest BCUT2D eigenvalue weighted by molar-refractivity contribution is -0.120. The molecule has 2 N–H and O–H groups in total. The van der Waals surface area contributed by atoms with Crippen LogP contribution in [0.15, 0.2) is 70.5 Å². The maximum Gasteiger partial charge on any atom is 0.329 e. The Balaban J connectivity index is 0.811. The number of pyridine rings is 1. The van der Waals surface area contributed by atoms with Gasteiger partial charge in [-0.05, 0) is 106 Å². The fourth-order valence-electron chi connectivity index (χ4n) is 8.12. The molecule has 55 heavy (non-hydrogen) atoms. The van der Waals surface area contributed by atoms with Gasteiger partial charge < -0.3 is 10.2 Å². The summed E-state index contributed by atoms with van der Waals surface area (Å²) in [6, 6.07) is 16.5. The van der Waals surface area contributed by atoms with Crippen LogP contribution in [-0.2, 0) is 35.3 Å². The maximum atomic E-state index is 13.7. The number of anilines is 2. The minimum atomic E-state index is -3.64. The molecule has 3 aliphatic rings. The monoisotopic (exact) mass is 766 g/mol. The third kappa shape index (κ3) is 7.58. The van der Waals surface area contributed by atoms with Gasteiger partial charge in [0.15, 0.2) is 5.82 Å². The molecule has 2 aromatic carbocycles. The Morgan fingerprint density at radius 2 is 1.71 bits per heavy atom. The van der Waals surface area contributed by atoms with Crippen LogP contribution in [0.5, 0.6) is 0 Å². The average Bonchev–Trinajstić information content (AvgIpc) is 3.52. The first kappa shape index (κ1) is 36.8. The van der Waals surface area contributed by atoms with Gasteiger partial charge in [-0.25, -0.2) is 18.2 Å². The number of fused-ring (bicyclic) bond motifs is 2. The van der Waals surface area contributed by atoms with Crippen molar-refractivity contribution >= 4 is 55.7 Å². The highest BCUT2D eigenvalue weighted by Crippen LogP contribution is 2.34. The standard InChI is InChI=1S/C39H46N10O5S/c1-45-35(51)11-9-29-25-40-38(43-36(29)45)41-30-14-20-48(21-15-30)55(53,54)31-7-3-5-26(23-31)6-4-17-47-18-12-27(13-19-47)28-8-10-32-33(24-28)46(2)44-37(32)49-22-16-34(50)42-39(49)52/h3,5,7-11,23-25,27,30H,4,6,12-22H2,1-2H3,(H,40,41,43)(H,42,50,52). The van der Waals surface area contributed by atoms with E-state index in [1.165, 1.54) is 21.1 Å². The first-order valence-corrected chi connectivity index (χ1v) is 20.5. The van der Waals surface area contributed by atoms with Crippen molar-refractivity contribution < 1.29 is 18.0 Å². The Bertz CT molecular complexity index is 2430. The molecular formula is C39H46N10O5S. The van der Waals surface area contributed by atoms with Gasteiger partial charge in [0.05, 0.1) is 10.4 Å². The van der Waals surface area contributed by atoms with Gasteiger partial charge in [0.25, 0.3) is 5.56 Å². The quantitative estimate of drug-likeness (QED) is 0.214. The minimum Gasteiger partial charge on any atom is -0.351 e. The summed E-state index contributed by atoms with van der Waals surface area (Å²) in [4.78, 5) is 49.5. The van der Waals surface area contributed by atoms with Gasteiger partial charge in [0.2, 0.25) is 21.9 Å². The van der Waals surface area contributed by atoms with Gasteiger partial charge >= 0.3 is 6.03 Å². The first-order chi connectivity index (χ1) is 26.5. The molecule has 8 rings (SSSR count). The largest absolute Gasteiger partial charge is 0.351 e. The number of piperidine rings is 2. The molecule has 6 heterocycles. The number of hydrogen-bond donors (Lipinski definition) is 2. The number of imide groups is 1. The van der Waals surface area contributed by atoms with Crippen LogP contribution in [0, 0.1) is 0 Å². The molecule has 3 fully saturated rings. The molecule has 0 radical (unpaired) electrons. The molecule has 0 atom stereocenters. The average molecular weight is 767 g/mol. The van der Waals surface area contributed by atoms with Crippen molar-refractivity contribution in [2.75, 3.05) is 49.5 Å². The van der Waals surface area contributed by atoms with Crippen molar-refractivity contribution in [3.05, 3.63) is 82.3 Å². The molecule has 288 valence electrons. The minimum absolute atomic E-state index is 0.0178. The molecule has 3 aromatic heterocycles. The lowest BCUT2D eigenvalue weighted by Crippen LogP contribution is -2.49. The number of likely N-dealkylation sites (tertiary alicyclic amines) is 1. The van der Waals surface area contributed by atoms with Crippen molar-refractivity contribution in [3.8, 4) is 0 Å². The second-order valence-electron chi connectivity index (χ2n) is 14.9. The molecule has 0 bridgehead atoms. The van der Waals surface area contributed by atoms with Crippen LogP contribution >= 0.6 is 0 Å². The lowest BCUT2D eigenvalue weighted by atomic mass is 9.89. The molecule has 3 saturated heterocycles. The van der Waals surface area contributed by atoms with Crippen LogP contribution in [0.4, 0.5) is 16.6 Å². The van der Waals surface area contributed by atoms with E-state index in [0.717, 1.165) is 67.2 Å². The normalized spacial score (nSPS) is 18.3. The van der Waals surface area contributed by atoms with E-state index in [2.05, 4.69) is 42.7 Å². The van der Waals surface area contributed by atoms with Crippen LogP contribution in [0.25, 0.3) is 21.9 Å². The van der Waals surface area contributed by atoms with E-state index in [1.54, 1.807) is 29.7 Å². The number of nitrogens with zero attached hydrogens (tertiary/aromatic N) is 8. The van der Waals surface area contributed by atoms with Crippen molar-refractivity contribution in [1.29, 1.82) is 0 Å². The SMILES string of the molecule is Cn1nc(N2CCC(=O)NC2=O)c2ccc(C3CCN(CCCc4cccc(S(=O)(=O)N5CCC(Nc6ncc7ccc(=O)n(C)c7n6)CC5)c4)CC3)cc21. The molecule has 15 nitrogen and oxygen atoms in total. The highest BCUT2D eigenvalue weighted by molar-refractivity contribution is 7.89. The number of aromatic nitrogens is 5. The number of carbonyl (C=O) groups is 2. The highest BCUT2D eigenvalue weighted by atomic mass is 32.2. The second kappa shape index (κ2) is 15.2. The van der Waals surface area contributed by atoms with Gasteiger partial charge in [-0.15, -0.1) is 0 Å². The third-order valence-electron chi connectivity index (χ3n) is 11.3. The van der Waals surface area contributed by atoms with Crippen molar-refractivity contribution in [3.63, 3.8) is 0 Å². The molecule has 0 aliphatic carbocycles. The van der Waals surface area contributed by atoms with Crippen LogP contribution < -0.4 is 21.1 Å². The molecule has 5 aromatic rings. The van der Waals surface area contributed by atoms with Crippen LogP contribution in [-0.4, -0.2) is 99.2 Å². The summed E-state index contributed by atoms with van der Waals surface area (Å²) in [7, 11) is -0.0713. The predicted molar refractivity (Wildman–Crippen MR) is 210 cm³/mol. The molecule has 3 amide bonds. The summed E-state index contributed by atoms with van der Waals surface area (Å²) in [6.07, 6.45) is 7.01. The van der Waals surface area contributed by atoms with E-state index in [-0.39, 0.29) is 23.9 Å². The number of urea groups is 1. The molecule has 0 unspecified atom stereocenters. The third-order valence-corrected chi connectivity index (χ3v) is 13.2. The Morgan fingerprint density at radius 1 is 0.909 bits per heavy atom. The summed E-state index contributed by atoms with van der Waals surface area (Å²) in [5, 5.41) is 12.0. The summed E-state index contributed by atoms with van der Waals surface area (Å²) in [5.74, 6) is 1.17. The van der Waals surface area contributed by atoms with E-state index in [9.17, 15) is 22.8 Å². The zero-order valence-electron chi connectivity index (χ0n) is 31.1. The van der Waals surface area contributed by atoms with Crippen molar-refractivity contribution in [2.24, 2.45) is 14.1 Å². The summed E-state index contributed by atoms with van der Waals surface area (Å²) < 4.78 is 32.2. The zero-order valence-corrected chi connectivity index (χ0v) is 32.0. The Morgan fingerprint density at radius 3 is 2.49 bits per heavy atom. The van der Waals surface area contributed by atoms with Gasteiger partial charge in [0, 0.05) is 69.2 Å². The summed E-state index contributed by atoms with van der Waals surface area (Å²) in [6.45, 7) is 4.04. The summed E-state index contributed by atoms with van der Waals surface area (Å²) in [5.41, 5.74) is 3.67. The Labute approximate surface area is 319 Å².